The molecule has 24 heavy (non-hydrogen) atoms. The summed E-state index contributed by atoms with van der Waals surface area (Å²) in [5.41, 5.74) is 0. The molecule has 1 saturated heterocycles. The number of ether oxygens (including phenoxy) is 1. The molecule has 2 amide bonds. The first-order valence-electron chi connectivity index (χ1n) is 8.64. The lowest BCUT2D eigenvalue weighted by atomic mass is 10.1. The number of carbonyl (C=O) groups is 2. The number of carbonyl (C=O) groups excluding carboxylic acids is 2. The summed E-state index contributed by atoms with van der Waals surface area (Å²) in [6, 6.07) is 0.230. The summed E-state index contributed by atoms with van der Waals surface area (Å²) in [6.45, 7) is 6.52. The maximum Gasteiger partial charge on any atom is 0.409 e. The number of hydrogen-bond donors (Lipinski definition) is 2. The van der Waals surface area contributed by atoms with E-state index in [1.165, 1.54) is 4.90 Å². The maximum atomic E-state index is 11.7. The number of aliphatic imine (C=N–C) groups is 1. The zero-order valence-electron chi connectivity index (χ0n) is 15.3. The van der Waals surface area contributed by atoms with Gasteiger partial charge in [-0.1, -0.05) is 6.92 Å². The Labute approximate surface area is 144 Å². The van der Waals surface area contributed by atoms with Crippen LogP contribution in [-0.2, 0) is 9.53 Å². The van der Waals surface area contributed by atoms with Crippen molar-refractivity contribution in [1.82, 2.24) is 20.4 Å². The van der Waals surface area contributed by atoms with Crippen molar-refractivity contribution in [3.8, 4) is 0 Å². The van der Waals surface area contributed by atoms with Crippen LogP contribution in [0.2, 0.25) is 0 Å². The third-order valence-corrected chi connectivity index (χ3v) is 3.78. The molecule has 0 aromatic rings. The van der Waals surface area contributed by atoms with E-state index < -0.39 is 0 Å². The summed E-state index contributed by atoms with van der Waals surface area (Å²) in [7, 11) is 3.44. The highest BCUT2D eigenvalue weighted by Crippen LogP contribution is 2.11. The number of likely N-dealkylation sites (tertiary alicyclic amines) is 1. The van der Waals surface area contributed by atoms with Gasteiger partial charge in [-0.15, -0.1) is 0 Å². The summed E-state index contributed by atoms with van der Waals surface area (Å²) in [6.07, 6.45) is 2.38. The second kappa shape index (κ2) is 10.7. The summed E-state index contributed by atoms with van der Waals surface area (Å²) in [5, 5.41) is 6.59. The summed E-state index contributed by atoms with van der Waals surface area (Å²) in [4.78, 5) is 31.0. The molecule has 0 unspecified atom stereocenters. The molecule has 0 aromatic carbocycles. The Bertz CT molecular complexity index is 431. The highest BCUT2D eigenvalue weighted by molar-refractivity contribution is 5.84. The molecule has 1 aliphatic rings. The molecule has 2 N–H and O–H groups in total. The fourth-order valence-corrected chi connectivity index (χ4v) is 2.30. The van der Waals surface area contributed by atoms with E-state index in [-0.39, 0.29) is 24.6 Å². The van der Waals surface area contributed by atoms with Crippen LogP contribution in [0.1, 0.15) is 33.1 Å². The van der Waals surface area contributed by atoms with Crippen LogP contribution in [0.3, 0.4) is 0 Å². The van der Waals surface area contributed by atoms with Crippen LogP contribution in [-0.4, -0.2) is 80.7 Å². The number of likely N-dealkylation sites (N-methyl/N-ethyl adjacent to an activating group) is 1. The van der Waals surface area contributed by atoms with Crippen molar-refractivity contribution in [3.63, 3.8) is 0 Å². The minimum Gasteiger partial charge on any atom is -0.450 e. The van der Waals surface area contributed by atoms with Gasteiger partial charge in [-0.3, -0.25) is 4.79 Å². The number of hydrogen-bond acceptors (Lipinski definition) is 4. The number of piperidine rings is 1. The monoisotopic (exact) mass is 341 g/mol. The molecular weight excluding hydrogens is 310 g/mol. The average molecular weight is 341 g/mol. The van der Waals surface area contributed by atoms with E-state index in [4.69, 9.17) is 4.74 Å². The van der Waals surface area contributed by atoms with E-state index in [1.807, 2.05) is 6.92 Å². The van der Waals surface area contributed by atoms with E-state index in [1.54, 1.807) is 19.0 Å². The zero-order chi connectivity index (χ0) is 17.9. The molecular formula is C16H31N5O3. The van der Waals surface area contributed by atoms with Crippen LogP contribution in [0.5, 0.6) is 0 Å². The number of amides is 2. The van der Waals surface area contributed by atoms with Crippen molar-refractivity contribution < 1.29 is 14.3 Å². The van der Waals surface area contributed by atoms with Crippen molar-refractivity contribution in [3.05, 3.63) is 0 Å². The van der Waals surface area contributed by atoms with Gasteiger partial charge in [0.2, 0.25) is 5.91 Å². The van der Waals surface area contributed by atoms with Crippen molar-refractivity contribution >= 4 is 18.0 Å². The topological polar surface area (TPSA) is 86.3 Å². The molecule has 1 aliphatic heterocycles. The molecule has 0 radical (unpaired) electrons. The van der Waals surface area contributed by atoms with Gasteiger partial charge >= 0.3 is 6.09 Å². The molecule has 1 fully saturated rings. The van der Waals surface area contributed by atoms with Crippen molar-refractivity contribution in [1.29, 1.82) is 0 Å². The van der Waals surface area contributed by atoms with Gasteiger partial charge in [0, 0.05) is 39.8 Å². The van der Waals surface area contributed by atoms with Gasteiger partial charge in [0.1, 0.15) is 6.54 Å². The lowest BCUT2D eigenvalue weighted by molar-refractivity contribution is -0.127. The molecule has 0 aromatic heterocycles. The highest BCUT2D eigenvalue weighted by Gasteiger charge is 2.24. The Morgan fingerprint density at radius 3 is 2.46 bits per heavy atom. The first-order valence-corrected chi connectivity index (χ1v) is 8.64. The minimum absolute atomic E-state index is 0.0373. The van der Waals surface area contributed by atoms with Gasteiger partial charge < -0.3 is 25.2 Å². The Kier molecular flexibility index (Phi) is 8.96. The van der Waals surface area contributed by atoms with E-state index in [2.05, 4.69) is 22.5 Å². The first-order chi connectivity index (χ1) is 11.5. The molecule has 0 atom stereocenters. The Balaban J connectivity index is 2.51. The Hall–Kier alpha value is -1.99. The van der Waals surface area contributed by atoms with Crippen LogP contribution in [0.4, 0.5) is 4.79 Å². The number of rotatable bonds is 6. The predicted molar refractivity (Wildman–Crippen MR) is 94.0 cm³/mol. The van der Waals surface area contributed by atoms with Gasteiger partial charge in [-0.2, -0.15) is 0 Å². The fourth-order valence-electron chi connectivity index (χ4n) is 2.30. The lowest BCUT2D eigenvalue weighted by Crippen LogP contribution is -2.50. The Morgan fingerprint density at radius 1 is 1.25 bits per heavy atom. The zero-order valence-corrected chi connectivity index (χ0v) is 15.3. The fraction of sp³-hybridized carbons (Fsp3) is 0.812. The van der Waals surface area contributed by atoms with Crippen molar-refractivity contribution in [2.24, 2.45) is 4.99 Å². The summed E-state index contributed by atoms with van der Waals surface area (Å²) in [5.74, 6) is 0.617. The molecule has 1 rings (SSSR count). The highest BCUT2D eigenvalue weighted by atomic mass is 16.6. The van der Waals surface area contributed by atoms with Crippen LogP contribution in [0.25, 0.3) is 0 Å². The van der Waals surface area contributed by atoms with Crippen molar-refractivity contribution in [2.45, 2.75) is 39.2 Å². The van der Waals surface area contributed by atoms with Crippen LogP contribution < -0.4 is 10.6 Å². The van der Waals surface area contributed by atoms with Crippen LogP contribution >= 0.6 is 0 Å². The Morgan fingerprint density at radius 2 is 1.92 bits per heavy atom. The molecule has 0 aliphatic carbocycles. The third kappa shape index (κ3) is 7.06. The largest absolute Gasteiger partial charge is 0.450 e. The smallest absolute Gasteiger partial charge is 0.409 e. The second-order valence-corrected chi connectivity index (χ2v) is 5.98. The lowest BCUT2D eigenvalue weighted by Gasteiger charge is -2.32. The molecule has 0 bridgehead atoms. The quantitative estimate of drug-likeness (QED) is 0.547. The molecule has 8 heteroatoms. The summed E-state index contributed by atoms with van der Waals surface area (Å²) >= 11 is 0. The van der Waals surface area contributed by atoms with E-state index in [0.29, 0.717) is 25.7 Å². The number of guanidine groups is 1. The molecule has 0 spiro atoms. The van der Waals surface area contributed by atoms with Crippen molar-refractivity contribution in [2.75, 3.05) is 46.9 Å². The third-order valence-electron chi connectivity index (χ3n) is 3.78. The summed E-state index contributed by atoms with van der Waals surface area (Å²) < 4.78 is 5.03. The van der Waals surface area contributed by atoms with E-state index in [0.717, 1.165) is 25.8 Å². The predicted octanol–water partition coefficient (Wildman–Crippen LogP) is 0.641. The normalized spacial score (nSPS) is 15.8. The SMILES string of the molecule is CCCNC(=NCC(=O)N(C)C)NC1CCN(C(=O)OCC)CC1. The molecule has 1 heterocycles. The van der Waals surface area contributed by atoms with E-state index >= 15 is 0 Å². The standard InChI is InChI=1S/C16H31N5O3/c1-5-9-17-15(18-12-14(22)20(3)4)19-13-7-10-21(11-8-13)16(23)24-6-2/h13H,5-12H2,1-4H3,(H2,17,18,19). The minimum atomic E-state index is -0.245. The van der Waals surface area contributed by atoms with Gasteiger partial charge in [-0.05, 0) is 26.2 Å². The number of nitrogens with one attached hydrogen (secondary N) is 2. The molecule has 0 saturated carbocycles. The second-order valence-electron chi connectivity index (χ2n) is 5.98. The van der Waals surface area contributed by atoms with Gasteiger partial charge in [0.05, 0.1) is 6.61 Å². The average Bonchev–Trinajstić information content (AvgIpc) is 2.57. The van der Waals surface area contributed by atoms with Crippen LogP contribution in [0, 0.1) is 0 Å². The number of nitrogens with zero attached hydrogens (tertiary/aromatic N) is 3. The molecule has 138 valence electrons. The first kappa shape index (κ1) is 20.1. The van der Waals surface area contributed by atoms with Crippen LogP contribution in [0.15, 0.2) is 4.99 Å². The van der Waals surface area contributed by atoms with E-state index in [9.17, 15) is 9.59 Å². The maximum absolute atomic E-state index is 11.7. The van der Waals surface area contributed by atoms with Gasteiger partial charge in [-0.25, -0.2) is 9.79 Å². The van der Waals surface area contributed by atoms with Gasteiger partial charge in [0.15, 0.2) is 5.96 Å². The van der Waals surface area contributed by atoms with Gasteiger partial charge in [0.25, 0.3) is 0 Å². The molecule has 8 nitrogen and oxygen atoms in total.